The molecule has 0 bridgehead atoms. The standard InChI is InChI=1S/C15H15N2O3P/c1-19-21(18,20-2)15(17-16)14-10-8-13(9-11-14)12-6-4-3-5-7-12/h3-11H,1-2H3. The van der Waals surface area contributed by atoms with Gasteiger partial charge in [0.05, 0.1) is 5.56 Å². The Labute approximate surface area is 123 Å². The van der Waals surface area contributed by atoms with Gasteiger partial charge in [0.15, 0.2) is 0 Å². The van der Waals surface area contributed by atoms with E-state index in [1.54, 1.807) is 12.1 Å². The van der Waals surface area contributed by atoms with Crippen molar-refractivity contribution in [2.75, 3.05) is 14.2 Å². The molecule has 0 aliphatic heterocycles. The molecule has 0 aliphatic rings. The van der Waals surface area contributed by atoms with E-state index in [1.807, 2.05) is 42.5 Å². The van der Waals surface area contributed by atoms with E-state index in [1.165, 1.54) is 14.2 Å². The third-order valence-electron chi connectivity index (χ3n) is 3.09. The Hall–Kier alpha value is -2.03. The maximum Gasteiger partial charge on any atom is 0.442 e. The average Bonchev–Trinajstić information content (AvgIpc) is 2.56. The predicted octanol–water partition coefficient (Wildman–Crippen LogP) is 3.82. The number of nitrogens with zero attached hydrogens (tertiary/aromatic N) is 2. The topological polar surface area (TPSA) is 71.9 Å². The van der Waals surface area contributed by atoms with Crippen LogP contribution in [-0.2, 0) is 13.6 Å². The molecule has 0 N–H and O–H groups in total. The number of rotatable bonds is 5. The molecule has 2 aromatic rings. The molecule has 6 heteroatoms. The van der Waals surface area contributed by atoms with Crippen molar-refractivity contribution in [3.63, 3.8) is 0 Å². The van der Waals surface area contributed by atoms with Crippen molar-refractivity contribution in [2.24, 2.45) is 0 Å². The van der Waals surface area contributed by atoms with Crippen LogP contribution in [0.15, 0.2) is 54.6 Å². The van der Waals surface area contributed by atoms with Crippen LogP contribution in [0.3, 0.4) is 0 Å². The van der Waals surface area contributed by atoms with Crippen LogP contribution >= 0.6 is 7.60 Å². The molecule has 0 spiro atoms. The van der Waals surface area contributed by atoms with Crippen LogP contribution in [0.4, 0.5) is 0 Å². The lowest BCUT2D eigenvalue weighted by Crippen LogP contribution is -2.07. The fourth-order valence-corrected chi connectivity index (χ4v) is 3.03. The minimum Gasteiger partial charge on any atom is -0.360 e. The van der Waals surface area contributed by atoms with Crippen molar-refractivity contribution >= 4 is 13.0 Å². The summed E-state index contributed by atoms with van der Waals surface area (Å²) in [5, 5.41) is 0. The van der Waals surface area contributed by atoms with Crippen molar-refractivity contribution < 1.29 is 18.4 Å². The molecule has 0 atom stereocenters. The highest BCUT2D eigenvalue weighted by molar-refractivity contribution is 7.72. The molecule has 0 heterocycles. The summed E-state index contributed by atoms with van der Waals surface area (Å²) in [6.45, 7) is 0. The molecule has 2 rings (SSSR count). The summed E-state index contributed by atoms with van der Waals surface area (Å²) in [6.07, 6.45) is 0. The van der Waals surface area contributed by atoms with Gasteiger partial charge in [-0.05, 0) is 23.3 Å². The molecule has 5 nitrogen and oxygen atoms in total. The van der Waals surface area contributed by atoms with E-state index in [0.717, 1.165) is 11.1 Å². The molecule has 0 aromatic heterocycles. The zero-order chi connectivity index (χ0) is 15.3. The zero-order valence-corrected chi connectivity index (χ0v) is 12.7. The first-order chi connectivity index (χ1) is 10.1. The van der Waals surface area contributed by atoms with Gasteiger partial charge < -0.3 is 14.6 Å². The van der Waals surface area contributed by atoms with Crippen molar-refractivity contribution in [2.45, 2.75) is 0 Å². The van der Waals surface area contributed by atoms with Crippen molar-refractivity contribution in [3.05, 3.63) is 65.7 Å². The Morgan fingerprint density at radius 2 is 1.48 bits per heavy atom. The Bertz CT molecular complexity index is 699. The molecule has 0 radical (unpaired) electrons. The third-order valence-corrected chi connectivity index (χ3v) is 4.91. The summed E-state index contributed by atoms with van der Waals surface area (Å²) in [4.78, 5) is 3.08. The Balaban J connectivity index is 2.39. The van der Waals surface area contributed by atoms with Crippen molar-refractivity contribution in [1.82, 2.24) is 0 Å². The van der Waals surface area contributed by atoms with E-state index in [0.29, 0.717) is 5.56 Å². The molecule has 108 valence electrons. The molecular formula is C15H15N2O3P. The van der Waals surface area contributed by atoms with Gasteiger partial charge >= 0.3 is 13.0 Å². The lowest BCUT2D eigenvalue weighted by atomic mass is 10.0. The van der Waals surface area contributed by atoms with Gasteiger partial charge in [0, 0.05) is 14.2 Å². The van der Waals surface area contributed by atoms with Gasteiger partial charge in [-0.1, -0.05) is 42.5 Å². The molecule has 0 fully saturated rings. The second-order valence-corrected chi connectivity index (χ2v) is 6.38. The van der Waals surface area contributed by atoms with Crippen LogP contribution in [0.25, 0.3) is 16.7 Å². The molecule has 21 heavy (non-hydrogen) atoms. The summed E-state index contributed by atoms with van der Waals surface area (Å²) < 4.78 is 22.0. The highest BCUT2D eigenvalue weighted by Gasteiger charge is 2.39. The predicted molar refractivity (Wildman–Crippen MR) is 81.2 cm³/mol. The van der Waals surface area contributed by atoms with Gasteiger partial charge in [-0.3, -0.25) is 0 Å². The largest absolute Gasteiger partial charge is 0.442 e. The van der Waals surface area contributed by atoms with E-state index in [4.69, 9.17) is 14.6 Å². The molecule has 0 unspecified atom stereocenters. The maximum atomic E-state index is 12.3. The lowest BCUT2D eigenvalue weighted by molar-refractivity contribution is -0.00211. The van der Waals surface area contributed by atoms with Crippen LogP contribution in [0.2, 0.25) is 0 Å². The quantitative estimate of drug-likeness (QED) is 0.365. The second-order valence-electron chi connectivity index (χ2n) is 4.23. The minimum atomic E-state index is -3.60. The number of benzene rings is 2. The Kier molecular flexibility index (Phi) is 4.84. The molecule has 2 aromatic carbocycles. The van der Waals surface area contributed by atoms with Gasteiger partial charge in [-0.15, -0.1) is 0 Å². The van der Waals surface area contributed by atoms with Crippen LogP contribution in [0.5, 0.6) is 0 Å². The van der Waals surface area contributed by atoms with Crippen molar-refractivity contribution in [3.8, 4) is 11.1 Å². The average molecular weight is 302 g/mol. The van der Waals surface area contributed by atoms with E-state index >= 15 is 0 Å². The third kappa shape index (κ3) is 3.18. The van der Waals surface area contributed by atoms with Crippen LogP contribution in [-0.4, -0.2) is 24.5 Å². The number of hydrogen-bond acceptors (Lipinski definition) is 3. The van der Waals surface area contributed by atoms with Gasteiger partial charge in [0.25, 0.3) is 0 Å². The van der Waals surface area contributed by atoms with Crippen LogP contribution in [0, 0.1) is 0 Å². The molecular weight excluding hydrogens is 287 g/mol. The smallest absolute Gasteiger partial charge is 0.360 e. The minimum absolute atomic E-state index is 0.118. The fourth-order valence-electron chi connectivity index (χ4n) is 1.96. The SMILES string of the molecule is COP(=O)(OC)C(=[N+]=[N-])c1ccc(-c2ccccc2)cc1. The first-order valence-electron chi connectivity index (χ1n) is 6.24. The Morgan fingerprint density at radius 1 is 0.952 bits per heavy atom. The molecule has 0 aliphatic carbocycles. The summed E-state index contributed by atoms with van der Waals surface area (Å²) >= 11 is 0. The molecule has 0 amide bonds. The van der Waals surface area contributed by atoms with Gasteiger partial charge in [-0.25, -0.2) is 4.57 Å². The summed E-state index contributed by atoms with van der Waals surface area (Å²) in [5.41, 5.74) is 11.5. The summed E-state index contributed by atoms with van der Waals surface area (Å²) in [5.74, 6) is 0. The van der Waals surface area contributed by atoms with Crippen molar-refractivity contribution in [1.29, 1.82) is 0 Å². The Morgan fingerprint density at radius 3 is 1.95 bits per heavy atom. The molecule has 0 saturated carbocycles. The first kappa shape index (κ1) is 15.4. The maximum absolute atomic E-state index is 12.3. The first-order valence-corrected chi connectivity index (χ1v) is 7.79. The number of hydrogen-bond donors (Lipinski definition) is 0. The second kappa shape index (κ2) is 6.61. The summed E-state index contributed by atoms with van der Waals surface area (Å²) in [6, 6.07) is 17.0. The van der Waals surface area contributed by atoms with Gasteiger partial charge in [0.1, 0.15) is 0 Å². The van der Waals surface area contributed by atoms with E-state index < -0.39 is 7.60 Å². The highest BCUT2D eigenvalue weighted by atomic mass is 31.2. The monoisotopic (exact) mass is 302 g/mol. The van der Waals surface area contributed by atoms with E-state index in [-0.39, 0.29) is 5.45 Å². The lowest BCUT2D eigenvalue weighted by Gasteiger charge is -2.09. The summed E-state index contributed by atoms with van der Waals surface area (Å²) in [7, 11) is -1.11. The van der Waals surface area contributed by atoms with E-state index in [9.17, 15) is 4.57 Å². The fraction of sp³-hybridized carbons (Fsp3) is 0.133. The normalized spacial score (nSPS) is 11.0. The van der Waals surface area contributed by atoms with E-state index in [2.05, 4.69) is 4.79 Å². The molecule has 0 saturated heterocycles. The van der Waals surface area contributed by atoms with Crippen LogP contribution in [0.1, 0.15) is 5.56 Å². The highest BCUT2D eigenvalue weighted by Crippen LogP contribution is 2.49. The van der Waals surface area contributed by atoms with Gasteiger partial charge in [0.2, 0.25) is 0 Å². The van der Waals surface area contributed by atoms with Gasteiger partial charge in [-0.2, -0.15) is 4.79 Å². The van der Waals surface area contributed by atoms with Crippen LogP contribution < -0.4 is 0 Å². The zero-order valence-electron chi connectivity index (χ0n) is 11.8.